The minimum absolute atomic E-state index is 0.0248. The molecule has 2 aromatic carbocycles. The topological polar surface area (TPSA) is 193 Å². The zero-order valence-electron chi connectivity index (χ0n) is 30.7. The Kier molecular flexibility index (Phi) is 14.1. The normalized spacial score (nSPS) is 18.8. The van der Waals surface area contributed by atoms with Crippen LogP contribution in [0.2, 0.25) is 0 Å². The molecule has 1 aliphatic carbocycles. The van der Waals surface area contributed by atoms with E-state index in [-0.39, 0.29) is 65.3 Å². The first-order valence-corrected chi connectivity index (χ1v) is 20.7. The summed E-state index contributed by atoms with van der Waals surface area (Å²) in [4.78, 5) is 38.9. The Bertz CT molecular complexity index is 2120. The number of halogens is 3. The molecule has 1 unspecified atom stereocenters. The number of benzene rings is 2. The zero-order chi connectivity index (χ0) is 40.5. The number of esters is 1. The summed E-state index contributed by atoms with van der Waals surface area (Å²) >= 11 is 1.19. The highest BCUT2D eigenvalue weighted by molar-refractivity contribution is 7.91. The average molecular weight is 817 g/mol. The number of hydrogen-bond acceptors (Lipinski definition) is 12. The quantitative estimate of drug-likeness (QED) is 0.134. The van der Waals surface area contributed by atoms with Crippen LogP contribution in [-0.4, -0.2) is 100 Å². The summed E-state index contributed by atoms with van der Waals surface area (Å²) in [6, 6.07) is 10.7. The van der Waals surface area contributed by atoms with Crippen molar-refractivity contribution in [2.75, 3.05) is 55.5 Å². The molecular weight excluding hydrogens is 774 g/mol. The van der Waals surface area contributed by atoms with Crippen molar-refractivity contribution in [3.05, 3.63) is 52.4 Å². The van der Waals surface area contributed by atoms with Crippen LogP contribution in [0.1, 0.15) is 59.3 Å². The highest BCUT2D eigenvalue weighted by Crippen LogP contribution is 2.40. The molecule has 2 amide bonds. The first kappa shape index (κ1) is 42.1. The molecule has 5 N–H and O–H groups in total. The van der Waals surface area contributed by atoms with Gasteiger partial charge in [0.25, 0.3) is 5.91 Å². The molecule has 300 valence electrons. The Labute approximate surface area is 327 Å². The van der Waals surface area contributed by atoms with Crippen LogP contribution in [0, 0.1) is 23.2 Å². The molecule has 1 aliphatic heterocycles. The van der Waals surface area contributed by atoms with Gasteiger partial charge in [0.2, 0.25) is 5.91 Å². The SMILES string of the molecule is COC(=O)C(CCC(N)=O)NC(=O)c1ccc(NCC#Cc2sc3c(NC4CCC(N5CCS(=O)(=O)CC5)CC4)cccc3c2CC(F)(F)F)c(OCC#N)c1. The number of nitrogens with one attached hydrogen (secondary N) is 3. The van der Waals surface area contributed by atoms with E-state index < -0.39 is 46.3 Å². The summed E-state index contributed by atoms with van der Waals surface area (Å²) in [5.74, 6) is 4.19. The number of alkyl halides is 3. The molecule has 2 fully saturated rings. The Morgan fingerprint density at radius 2 is 1.82 bits per heavy atom. The number of nitriles is 1. The lowest BCUT2D eigenvalue weighted by atomic mass is 9.90. The number of carbonyl (C=O) groups excluding carboxylic acids is 3. The average Bonchev–Trinajstić information content (AvgIpc) is 3.50. The minimum atomic E-state index is -4.47. The number of carbonyl (C=O) groups is 3. The van der Waals surface area contributed by atoms with Crippen LogP contribution in [0.5, 0.6) is 5.75 Å². The summed E-state index contributed by atoms with van der Waals surface area (Å²) in [5.41, 5.74) is 6.43. The van der Waals surface area contributed by atoms with Gasteiger partial charge >= 0.3 is 12.1 Å². The first-order chi connectivity index (χ1) is 26.7. The van der Waals surface area contributed by atoms with Crippen molar-refractivity contribution in [1.82, 2.24) is 10.2 Å². The number of amides is 2. The van der Waals surface area contributed by atoms with E-state index in [1.54, 1.807) is 12.1 Å². The third kappa shape index (κ3) is 11.5. The molecule has 56 heavy (non-hydrogen) atoms. The molecule has 3 aromatic rings. The summed E-state index contributed by atoms with van der Waals surface area (Å²) in [7, 11) is -1.82. The maximum atomic E-state index is 13.9. The number of ether oxygens (including phenoxy) is 2. The number of fused-ring (bicyclic) bond motifs is 1. The Hall–Kier alpha value is -5.04. The van der Waals surface area contributed by atoms with Crippen molar-refractivity contribution in [3.8, 4) is 23.7 Å². The van der Waals surface area contributed by atoms with Crippen LogP contribution < -0.4 is 26.4 Å². The Morgan fingerprint density at radius 1 is 1.09 bits per heavy atom. The van der Waals surface area contributed by atoms with Gasteiger partial charge in [0.1, 0.15) is 17.9 Å². The number of nitrogens with zero attached hydrogens (tertiary/aromatic N) is 2. The van der Waals surface area contributed by atoms with Crippen molar-refractivity contribution < 1.29 is 45.4 Å². The maximum Gasteiger partial charge on any atom is 0.393 e. The molecule has 5 rings (SSSR count). The van der Waals surface area contributed by atoms with Crippen LogP contribution >= 0.6 is 11.3 Å². The fourth-order valence-electron chi connectivity index (χ4n) is 6.88. The molecule has 1 atom stereocenters. The predicted octanol–water partition coefficient (Wildman–Crippen LogP) is 4.36. The van der Waals surface area contributed by atoms with Crippen molar-refractivity contribution >= 4 is 60.4 Å². The first-order valence-electron chi connectivity index (χ1n) is 18.0. The van der Waals surface area contributed by atoms with Gasteiger partial charge in [-0.15, -0.1) is 11.3 Å². The molecule has 1 aromatic heterocycles. The van der Waals surface area contributed by atoms with Gasteiger partial charge in [0.05, 0.1) is 52.5 Å². The van der Waals surface area contributed by atoms with Crippen LogP contribution in [0.4, 0.5) is 24.5 Å². The fourth-order valence-corrected chi connectivity index (χ4v) is 9.28. The Morgan fingerprint density at radius 3 is 2.48 bits per heavy atom. The molecule has 0 radical (unpaired) electrons. The number of nitrogens with two attached hydrogens (primary N) is 1. The van der Waals surface area contributed by atoms with Crippen molar-refractivity contribution in [3.63, 3.8) is 0 Å². The highest BCUT2D eigenvalue weighted by atomic mass is 32.2. The number of anilines is 2. The second-order valence-electron chi connectivity index (χ2n) is 13.6. The van der Waals surface area contributed by atoms with Crippen molar-refractivity contribution in [2.24, 2.45) is 5.73 Å². The summed E-state index contributed by atoms with van der Waals surface area (Å²) in [6.45, 7) is 0.705. The lowest BCUT2D eigenvalue weighted by Gasteiger charge is -2.39. The van der Waals surface area contributed by atoms with E-state index >= 15 is 0 Å². The molecule has 0 bridgehead atoms. The van der Waals surface area contributed by atoms with Gasteiger partial charge in [-0.05, 0) is 67.3 Å². The van der Waals surface area contributed by atoms with Gasteiger partial charge in [0.15, 0.2) is 16.4 Å². The smallest absolute Gasteiger partial charge is 0.393 e. The molecule has 2 heterocycles. The van der Waals surface area contributed by atoms with E-state index in [2.05, 4.69) is 32.7 Å². The number of rotatable bonds is 14. The number of hydrogen-bond donors (Lipinski definition) is 4. The van der Waals surface area contributed by atoms with Gasteiger partial charge < -0.3 is 31.2 Å². The second-order valence-corrected chi connectivity index (χ2v) is 16.9. The number of thiophene rings is 1. The van der Waals surface area contributed by atoms with E-state index in [1.165, 1.54) is 29.5 Å². The monoisotopic (exact) mass is 816 g/mol. The van der Waals surface area contributed by atoms with Crippen LogP contribution in [-0.2, 0) is 30.6 Å². The van der Waals surface area contributed by atoms with Crippen LogP contribution in [0.3, 0.4) is 0 Å². The van der Waals surface area contributed by atoms with E-state index in [4.69, 9.17) is 20.5 Å². The van der Waals surface area contributed by atoms with Crippen molar-refractivity contribution in [2.45, 2.75) is 69.2 Å². The largest absolute Gasteiger partial charge is 0.477 e. The number of methoxy groups -OCH3 is 1. The Balaban J connectivity index is 1.29. The van der Waals surface area contributed by atoms with E-state index in [0.717, 1.165) is 38.5 Å². The lowest BCUT2D eigenvalue weighted by molar-refractivity contribution is -0.143. The standard InChI is InChI=1S/C38H43F3N6O7S2/c1-53-37(50)31(13-14-34(43)48)46-36(49)24-7-12-29(32(22-24)54-19-15-42)44-16-3-6-33-28(23-38(39,40)41)27-4-2-5-30(35(27)55-33)45-25-8-10-26(11-9-25)47-17-20-56(51,52)21-18-47/h2,4-5,7,12,22,25-26,31,44-45H,8-11,13-14,16-21,23H2,1H3,(H2,43,48)(H,46,49). The second kappa shape index (κ2) is 18.7. The highest BCUT2D eigenvalue weighted by Gasteiger charge is 2.33. The molecular formula is C38H43F3N6O7S2. The predicted molar refractivity (Wildman–Crippen MR) is 206 cm³/mol. The number of sulfone groups is 1. The summed E-state index contributed by atoms with van der Waals surface area (Å²) < 4.78 is 76.2. The summed E-state index contributed by atoms with van der Waals surface area (Å²) in [6.07, 6.45) is -2.39. The van der Waals surface area contributed by atoms with Gasteiger partial charge in [0, 0.05) is 37.2 Å². The van der Waals surface area contributed by atoms with Crippen LogP contribution in [0.15, 0.2) is 36.4 Å². The van der Waals surface area contributed by atoms with Crippen molar-refractivity contribution in [1.29, 1.82) is 5.26 Å². The molecule has 13 nitrogen and oxygen atoms in total. The van der Waals surface area contributed by atoms with E-state index in [1.807, 2.05) is 12.1 Å². The number of primary amides is 1. The molecule has 2 aliphatic rings. The molecule has 1 saturated carbocycles. The van der Waals surface area contributed by atoms with Gasteiger partial charge in [-0.2, -0.15) is 18.4 Å². The molecule has 1 saturated heterocycles. The fraction of sp³-hybridized carbons (Fsp3) is 0.474. The minimum Gasteiger partial charge on any atom is -0.477 e. The third-order valence-corrected chi connectivity index (χ3v) is 12.5. The van der Waals surface area contributed by atoms with Crippen LogP contribution in [0.25, 0.3) is 10.1 Å². The van der Waals surface area contributed by atoms with Gasteiger partial charge in [-0.1, -0.05) is 24.0 Å². The lowest BCUT2D eigenvalue weighted by Crippen LogP contribution is -2.48. The van der Waals surface area contributed by atoms with E-state index in [0.29, 0.717) is 34.9 Å². The molecule has 0 spiro atoms. The summed E-state index contributed by atoms with van der Waals surface area (Å²) in [5, 5.41) is 18.7. The zero-order valence-corrected chi connectivity index (χ0v) is 32.3. The van der Waals surface area contributed by atoms with Gasteiger partial charge in [-0.25, -0.2) is 13.2 Å². The van der Waals surface area contributed by atoms with E-state index in [9.17, 15) is 36.0 Å². The molecule has 18 heteroatoms. The maximum absolute atomic E-state index is 13.9. The van der Waals surface area contributed by atoms with Gasteiger partial charge in [-0.3, -0.25) is 14.5 Å². The third-order valence-electron chi connectivity index (χ3n) is 9.72.